The molecule has 3 aromatic rings. The van der Waals surface area contributed by atoms with Crippen LogP contribution in [0.1, 0.15) is 26.5 Å². The zero-order valence-corrected chi connectivity index (χ0v) is 17.6. The summed E-state index contributed by atoms with van der Waals surface area (Å²) in [4.78, 5) is 33.5. The van der Waals surface area contributed by atoms with E-state index in [0.717, 1.165) is 37.4 Å². The first kappa shape index (κ1) is 20.1. The van der Waals surface area contributed by atoms with E-state index in [4.69, 9.17) is 9.15 Å². The van der Waals surface area contributed by atoms with Gasteiger partial charge in [0.2, 0.25) is 5.88 Å². The zero-order valence-electron chi connectivity index (χ0n) is 17.6. The molecule has 0 radical (unpaired) electrons. The fraction of sp³-hybridized carbons (Fsp3) is 0.261. The van der Waals surface area contributed by atoms with Crippen LogP contribution in [0.25, 0.3) is 0 Å². The smallest absolute Gasteiger partial charge is 0.291 e. The number of hydrogen-bond acceptors (Lipinski definition) is 7. The van der Waals surface area contributed by atoms with Gasteiger partial charge >= 0.3 is 0 Å². The average molecular weight is 433 g/mol. The molecule has 9 nitrogen and oxygen atoms in total. The Kier molecular flexibility index (Phi) is 5.24. The van der Waals surface area contributed by atoms with Gasteiger partial charge in [0.05, 0.1) is 31.2 Å². The lowest BCUT2D eigenvalue weighted by atomic mass is 10.1. The molecule has 4 heterocycles. The molecule has 164 valence electrons. The number of carbonyl (C=O) groups is 2. The number of rotatable bonds is 5. The highest BCUT2D eigenvalue weighted by molar-refractivity contribution is 6.10. The molecular formula is C23H23N5O4. The van der Waals surface area contributed by atoms with Crippen molar-refractivity contribution in [2.24, 2.45) is 0 Å². The van der Waals surface area contributed by atoms with Crippen LogP contribution >= 0.6 is 0 Å². The molecule has 0 saturated carbocycles. The minimum atomic E-state index is -0.397. The molecule has 9 heteroatoms. The van der Waals surface area contributed by atoms with Gasteiger partial charge in [-0.2, -0.15) is 0 Å². The maximum Gasteiger partial charge on any atom is 0.291 e. The first-order valence-electron chi connectivity index (χ1n) is 10.4. The lowest BCUT2D eigenvalue weighted by molar-refractivity contribution is 0.0975. The number of methoxy groups -OCH3 is 1. The maximum absolute atomic E-state index is 12.9. The van der Waals surface area contributed by atoms with Crippen LogP contribution in [0, 0.1) is 0 Å². The van der Waals surface area contributed by atoms with Gasteiger partial charge in [-0.15, -0.1) is 0 Å². The summed E-state index contributed by atoms with van der Waals surface area (Å²) in [5, 5.41) is 6.21. The number of piperazine rings is 1. The summed E-state index contributed by atoms with van der Waals surface area (Å²) >= 11 is 0. The second-order valence-electron chi connectivity index (χ2n) is 7.64. The standard InChI is InChI=1S/C23H23N5O4/c1-31-16-2-3-17-15(12-16)14-28(23(17)30)21-5-4-20(32-21)22(29)26-18-13-25-7-6-19(18)27-10-8-24-9-11-27/h2-7,12-13,24H,8-11,14H2,1H3,(H,26,29). The molecule has 1 aromatic carbocycles. The molecule has 2 aliphatic rings. The lowest BCUT2D eigenvalue weighted by Crippen LogP contribution is -2.43. The Labute approximate surface area is 185 Å². The van der Waals surface area contributed by atoms with Crippen molar-refractivity contribution in [3.8, 4) is 5.75 Å². The predicted octanol–water partition coefficient (Wildman–Crippen LogP) is 2.51. The molecule has 0 spiro atoms. The third-order valence-corrected chi connectivity index (χ3v) is 5.70. The minimum absolute atomic E-state index is 0.122. The van der Waals surface area contributed by atoms with Gasteiger partial charge in [0.15, 0.2) is 5.76 Å². The molecule has 1 saturated heterocycles. The molecule has 0 bridgehead atoms. The third-order valence-electron chi connectivity index (χ3n) is 5.70. The molecule has 2 aromatic heterocycles. The molecule has 0 atom stereocenters. The van der Waals surface area contributed by atoms with E-state index >= 15 is 0 Å². The summed E-state index contributed by atoms with van der Waals surface area (Å²) in [6, 6.07) is 10.4. The number of nitrogens with one attached hydrogen (secondary N) is 2. The van der Waals surface area contributed by atoms with E-state index in [9.17, 15) is 9.59 Å². The van der Waals surface area contributed by atoms with E-state index in [1.165, 1.54) is 4.90 Å². The van der Waals surface area contributed by atoms with Crippen LogP contribution in [0.3, 0.4) is 0 Å². The Bertz CT molecular complexity index is 1170. The quantitative estimate of drug-likeness (QED) is 0.638. The fourth-order valence-corrected chi connectivity index (χ4v) is 4.05. The van der Waals surface area contributed by atoms with Crippen molar-refractivity contribution in [2.45, 2.75) is 6.54 Å². The van der Waals surface area contributed by atoms with Crippen molar-refractivity contribution >= 4 is 29.1 Å². The average Bonchev–Trinajstić information content (AvgIpc) is 3.45. The number of aromatic nitrogens is 1. The van der Waals surface area contributed by atoms with Crippen molar-refractivity contribution in [3.63, 3.8) is 0 Å². The van der Waals surface area contributed by atoms with E-state index in [2.05, 4.69) is 20.5 Å². The molecule has 2 aliphatic heterocycles. The minimum Gasteiger partial charge on any atom is -0.497 e. The Morgan fingerprint density at radius 3 is 2.84 bits per heavy atom. The largest absolute Gasteiger partial charge is 0.497 e. The van der Waals surface area contributed by atoms with Crippen molar-refractivity contribution < 1.29 is 18.7 Å². The molecule has 1 fully saturated rings. The highest BCUT2D eigenvalue weighted by Crippen LogP contribution is 2.32. The highest BCUT2D eigenvalue weighted by atomic mass is 16.5. The third kappa shape index (κ3) is 3.67. The van der Waals surface area contributed by atoms with Crippen LogP contribution in [-0.4, -0.2) is 50.1 Å². The number of pyridine rings is 1. The molecule has 0 unspecified atom stereocenters. The monoisotopic (exact) mass is 433 g/mol. The van der Waals surface area contributed by atoms with E-state index in [-0.39, 0.29) is 11.7 Å². The molecule has 5 rings (SSSR count). The summed E-state index contributed by atoms with van der Waals surface area (Å²) < 4.78 is 11.0. The maximum atomic E-state index is 12.9. The summed E-state index contributed by atoms with van der Waals surface area (Å²) in [6.45, 7) is 3.82. The van der Waals surface area contributed by atoms with E-state index < -0.39 is 5.91 Å². The number of anilines is 3. The molecule has 2 amide bonds. The molecule has 0 aliphatic carbocycles. The Morgan fingerprint density at radius 2 is 2.03 bits per heavy atom. The number of ether oxygens (including phenoxy) is 1. The van der Waals surface area contributed by atoms with Crippen molar-refractivity contribution in [1.82, 2.24) is 10.3 Å². The second kappa shape index (κ2) is 8.35. The van der Waals surface area contributed by atoms with Crippen LogP contribution in [0.4, 0.5) is 17.3 Å². The zero-order chi connectivity index (χ0) is 22.1. The van der Waals surface area contributed by atoms with Gasteiger partial charge in [-0.25, -0.2) is 0 Å². The number of carbonyl (C=O) groups excluding carboxylic acids is 2. The molecular weight excluding hydrogens is 410 g/mol. The Hall–Kier alpha value is -3.85. The molecule has 32 heavy (non-hydrogen) atoms. The second-order valence-corrected chi connectivity index (χ2v) is 7.64. The van der Waals surface area contributed by atoms with Gasteiger partial charge in [-0.3, -0.25) is 19.5 Å². The number of amides is 2. The first-order chi connectivity index (χ1) is 15.6. The number of fused-ring (bicyclic) bond motifs is 1. The topological polar surface area (TPSA) is 99.9 Å². The number of nitrogens with zero attached hydrogens (tertiary/aromatic N) is 3. The van der Waals surface area contributed by atoms with Crippen LogP contribution < -0.4 is 25.2 Å². The summed E-state index contributed by atoms with van der Waals surface area (Å²) in [5.41, 5.74) is 2.99. The van der Waals surface area contributed by atoms with Gasteiger partial charge in [0.1, 0.15) is 5.75 Å². The van der Waals surface area contributed by atoms with Gasteiger partial charge in [-0.05, 0) is 35.9 Å². The van der Waals surface area contributed by atoms with Crippen molar-refractivity contribution in [1.29, 1.82) is 0 Å². The van der Waals surface area contributed by atoms with E-state index in [1.54, 1.807) is 43.8 Å². The van der Waals surface area contributed by atoms with Gasteiger partial charge < -0.3 is 24.7 Å². The Morgan fingerprint density at radius 1 is 1.19 bits per heavy atom. The fourth-order valence-electron chi connectivity index (χ4n) is 4.05. The summed E-state index contributed by atoms with van der Waals surface area (Å²) in [6.07, 6.45) is 3.34. The molecule has 2 N–H and O–H groups in total. The van der Waals surface area contributed by atoms with Gasteiger partial charge in [-0.1, -0.05) is 0 Å². The highest BCUT2D eigenvalue weighted by Gasteiger charge is 2.31. The predicted molar refractivity (Wildman–Crippen MR) is 119 cm³/mol. The van der Waals surface area contributed by atoms with Gasteiger partial charge in [0, 0.05) is 44.0 Å². The summed E-state index contributed by atoms with van der Waals surface area (Å²) in [7, 11) is 1.59. The first-order valence-corrected chi connectivity index (χ1v) is 10.4. The van der Waals surface area contributed by atoms with Crippen LogP contribution in [-0.2, 0) is 6.54 Å². The van der Waals surface area contributed by atoms with Crippen molar-refractivity contribution in [2.75, 3.05) is 48.4 Å². The number of furan rings is 1. The summed E-state index contributed by atoms with van der Waals surface area (Å²) in [5.74, 6) is 0.568. The van der Waals surface area contributed by atoms with Crippen LogP contribution in [0.15, 0.2) is 53.2 Å². The van der Waals surface area contributed by atoms with Crippen LogP contribution in [0.5, 0.6) is 5.75 Å². The number of benzene rings is 1. The normalized spacial score (nSPS) is 15.6. The lowest BCUT2D eigenvalue weighted by Gasteiger charge is -2.30. The van der Waals surface area contributed by atoms with E-state index in [0.29, 0.717) is 29.4 Å². The number of hydrogen-bond donors (Lipinski definition) is 2. The van der Waals surface area contributed by atoms with Crippen LogP contribution in [0.2, 0.25) is 0 Å². The van der Waals surface area contributed by atoms with E-state index in [1.807, 2.05) is 12.1 Å². The Balaban J connectivity index is 1.33. The van der Waals surface area contributed by atoms with Crippen molar-refractivity contribution in [3.05, 3.63) is 65.7 Å². The van der Waals surface area contributed by atoms with Gasteiger partial charge in [0.25, 0.3) is 11.8 Å². The SMILES string of the molecule is COc1ccc2c(c1)CN(c1ccc(C(=O)Nc3cnccc3N3CCNCC3)o1)C2=O.